The summed E-state index contributed by atoms with van der Waals surface area (Å²) >= 11 is 0. The summed E-state index contributed by atoms with van der Waals surface area (Å²) in [5, 5.41) is 23.3. The summed E-state index contributed by atoms with van der Waals surface area (Å²) in [6, 6.07) is 5.61. The number of benzene rings is 1. The first-order valence-corrected chi connectivity index (χ1v) is 10.1. The van der Waals surface area contributed by atoms with Crippen LogP contribution in [0.25, 0.3) is 22.2 Å². The van der Waals surface area contributed by atoms with Crippen molar-refractivity contribution in [1.82, 2.24) is 20.3 Å². The molecule has 1 aliphatic rings. The number of nitrogens with one attached hydrogen (secondary N) is 2. The van der Waals surface area contributed by atoms with E-state index in [-0.39, 0.29) is 24.7 Å². The number of ether oxygens (including phenoxy) is 2. The number of hydrogen-bond donors (Lipinski definition) is 3. The fraction of sp³-hybridized carbons (Fsp3) is 0.364. The molecule has 1 atom stereocenters. The third-order valence-electron chi connectivity index (χ3n) is 4.99. The normalized spacial score (nSPS) is 15.8. The van der Waals surface area contributed by atoms with Crippen molar-refractivity contribution in [2.75, 3.05) is 6.61 Å². The Morgan fingerprint density at radius 3 is 2.77 bits per heavy atom. The number of amides is 1. The number of aromatic nitrogens is 3. The van der Waals surface area contributed by atoms with Crippen LogP contribution in [0.4, 0.5) is 0 Å². The molecule has 31 heavy (non-hydrogen) atoms. The van der Waals surface area contributed by atoms with Crippen molar-refractivity contribution in [2.24, 2.45) is 0 Å². The highest BCUT2D eigenvalue weighted by atomic mass is 16.5. The van der Waals surface area contributed by atoms with E-state index in [9.17, 15) is 15.2 Å². The average Bonchev–Trinajstić information content (AvgIpc) is 3.40. The summed E-state index contributed by atoms with van der Waals surface area (Å²) < 4.78 is 11.8. The number of aliphatic hydroxyl groups excluding tert-OH is 1. The first-order valence-electron chi connectivity index (χ1n) is 10.1. The van der Waals surface area contributed by atoms with Gasteiger partial charge in [0.1, 0.15) is 24.3 Å². The van der Waals surface area contributed by atoms with Crippen molar-refractivity contribution >= 4 is 16.7 Å². The molecule has 160 valence electrons. The number of nitrogens with zero attached hydrogens (tertiary/aromatic N) is 3. The van der Waals surface area contributed by atoms with E-state index in [4.69, 9.17) is 9.47 Å². The Kier molecular flexibility index (Phi) is 5.73. The third kappa shape index (κ3) is 4.29. The predicted molar refractivity (Wildman–Crippen MR) is 112 cm³/mol. The molecule has 0 radical (unpaired) electrons. The van der Waals surface area contributed by atoms with Crippen LogP contribution < -0.4 is 14.8 Å². The van der Waals surface area contributed by atoms with E-state index in [1.54, 1.807) is 24.5 Å². The molecule has 0 unspecified atom stereocenters. The minimum absolute atomic E-state index is 0.0190. The lowest BCUT2D eigenvalue weighted by Crippen LogP contribution is -2.31. The smallest absolute Gasteiger partial charge is 0.221 e. The van der Waals surface area contributed by atoms with Crippen molar-refractivity contribution in [2.45, 2.75) is 45.4 Å². The van der Waals surface area contributed by atoms with Gasteiger partial charge in [-0.1, -0.05) is 0 Å². The van der Waals surface area contributed by atoms with E-state index < -0.39 is 0 Å². The van der Waals surface area contributed by atoms with Gasteiger partial charge in [-0.25, -0.2) is 9.97 Å². The molecule has 3 heterocycles. The molecule has 1 amide bonds. The molecule has 9 nitrogen and oxygen atoms in total. The number of imidazole rings is 1. The van der Waals surface area contributed by atoms with E-state index >= 15 is 0 Å². The van der Waals surface area contributed by atoms with Crippen molar-refractivity contribution in [1.29, 1.82) is 5.26 Å². The molecular formula is C22H23N5O4. The second-order valence-corrected chi connectivity index (χ2v) is 7.68. The second kappa shape index (κ2) is 8.62. The van der Waals surface area contributed by atoms with Gasteiger partial charge in [-0.2, -0.15) is 5.26 Å². The largest absolute Gasteiger partial charge is 0.490 e. The highest BCUT2D eigenvalue weighted by molar-refractivity contribution is 5.99. The molecule has 0 bridgehead atoms. The maximum absolute atomic E-state index is 11.5. The maximum Gasteiger partial charge on any atom is 0.221 e. The molecular weight excluding hydrogens is 398 g/mol. The Labute approximate surface area is 179 Å². The Bertz CT molecular complexity index is 1160. The lowest BCUT2D eigenvalue weighted by Gasteiger charge is -2.16. The fourth-order valence-corrected chi connectivity index (χ4v) is 3.54. The number of nitriles is 1. The van der Waals surface area contributed by atoms with Crippen molar-refractivity contribution in [3.8, 4) is 29.1 Å². The van der Waals surface area contributed by atoms with Crippen LogP contribution in [0.5, 0.6) is 11.6 Å². The molecule has 1 aromatic carbocycles. The van der Waals surface area contributed by atoms with Gasteiger partial charge in [0.05, 0.1) is 36.2 Å². The maximum atomic E-state index is 11.5. The van der Waals surface area contributed by atoms with Gasteiger partial charge in [0.25, 0.3) is 0 Å². The molecule has 3 N–H and O–H groups in total. The standard InChI is InChI=1S/C22H23N5O4/c1-12(2)31-19-6-17-16(5-13(19)7-23)18(21-24-8-15(10-28)27-21)9-25-22(17)30-11-14-3-4-20(29)26-14/h5-6,8-9,12,14,28H,3-4,10-11H2,1-2H3,(H,24,27)(H,26,29)/t14-/m0/s1. The molecule has 0 spiro atoms. The first kappa shape index (κ1) is 20.6. The lowest BCUT2D eigenvalue weighted by molar-refractivity contribution is -0.119. The minimum atomic E-state index is -0.164. The zero-order valence-corrected chi connectivity index (χ0v) is 17.3. The number of carbonyl (C=O) groups is 1. The van der Waals surface area contributed by atoms with E-state index in [1.807, 2.05) is 13.8 Å². The minimum Gasteiger partial charge on any atom is -0.490 e. The Hall–Kier alpha value is -3.64. The second-order valence-electron chi connectivity index (χ2n) is 7.68. The number of rotatable bonds is 7. The molecule has 4 rings (SSSR count). The number of pyridine rings is 1. The van der Waals surface area contributed by atoms with Crippen LogP contribution in [-0.4, -0.2) is 44.7 Å². The summed E-state index contributed by atoms with van der Waals surface area (Å²) in [7, 11) is 0. The van der Waals surface area contributed by atoms with Crippen LogP contribution in [0.1, 0.15) is 37.9 Å². The summed E-state index contributed by atoms with van der Waals surface area (Å²) in [4.78, 5) is 23.3. The highest BCUT2D eigenvalue weighted by Gasteiger charge is 2.23. The molecule has 0 aliphatic carbocycles. The van der Waals surface area contributed by atoms with Gasteiger partial charge in [0.2, 0.25) is 11.8 Å². The van der Waals surface area contributed by atoms with E-state index in [0.29, 0.717) is 64.5 Å². The monoisotopic (exact) mass is 421 g/mol. The number of fused-ring (bicyclic) bond motifs is 1. The highest BCUT2D eigenvalue weighted by Crippen LogP contribution is 2.36. The summed E-state index contributed by atoms with van der Waals surface area (Å²) in [6.07, 6.45) is 4.26. The van der Waals surface area contributed by atoms with Crippen LogP contribution in [0, 0.1) is 11.3 Å². The van der Waals surface area contributed by atoms with E-state index in [0.717, 1.165) is 0 Å². The predicted octanol–water partition coefficient (Wildman–Crippen LogP) is 2.43. The summed E-state index contributed by atoms with van der Waals surface area (Å²) in [5.74, 6) is 1.37. The fourth-order valence-electron chi connectivity index (χ4n) is 3.54. The van der Waals surface area contributed by atoms with Gasteiger partial charge in [-0.3, -0.25) is 4.79 Å². The Balaban J connectivity index is 1.80. The van der Waals surface area contributed by atoms with Gasteiger partial charge in [-0.05, 0) is 32.4 Å². The SMILES string of the molecule is CC(C)Oc1cc2c(OC[C@@H]3CCC(=O)N3)ncc(-c3ncc(CO)[nH]3)c2cc1C#N. The van der Waals surface area contributed by atoms with Gasteiger partial charge >= 0.3 is 0 Å². The molecule has 2 aromatic heterocycles. The van der Waals surface area contributed by atoms with Crippen molar-refractivity contribution < 1.29 is 19.4 Å². The molecule has 1 saturated heterocycles. The van der Waals surface area contributed by atoms with Gasteiger partial charge in [0, 0.05) is 29.0 Å². The van der Waals surface area contributed by atoms with Crippen LogP contribution in [0.2, 0.25) is 0 Å². The van der Waals surface area contributed by atoms with Crippen LogP contribution in [0.3, 0.4) is 0 Å². The number of aromatic amines is 1. The van der Waals surface area contributed by atoms with Crippen LogP contribution in [-0.2, 0) is 11.4 Å². The quantitative estimate of drug-likeness (QED) is 0.533. The average molecular weight is 421 g/mol. The zero-order valence-electron chi connectivity index (χ0n) is 17.3. The zero-order chi connectivity index (χ0) is 22.0. The molecule has 1 fully saturated rings. The van der Waals surface area contributed by atoms with Crippen LogP contribution >= 0.6 is 0 Å². The first-order chi connectivity index (χ1) is 15.0. The summed E-state index contributed by atoms with van der Waals surface area (Å²) in [5.41, 5.74) is 1.63. The van der Waals surface area contributed by atoms with Crippen LogP contribution in [0.15, 0.2) is 24.5 Å². The Morgan fingerprint density at radius 1 is 1.29 bits per heavy atom. The van der Waals surface area contributed by atoms with Gasteiger partial charge in [0.15, 0.2) is 0 Å². The Morgan fingerprint density at radius 2 is 2.13 bits per heavy atom. The topological polar surface area (TPSA) is 133 Å². The van der Waals surface area contributed by atoms with E-state index in [2.05, 4.69) is 26.3 Å². The van der Waals surface area contributed by atoms with E-state index in [1.165, 1.54) is 0 Å². The summed E-state index contributed by atoms with van der Waals surface area (Å²) in [6.45, 7) is 3.91. The van der Waals surface area contributed by atoms with Gasteiger partial charge in [-0.15, -0.1) is 0 Å². The molecule has 9 heteroatoms. The molecule has 3 aromatic rings. The van der Waals surface area contributed by atoms with Crippen molar-refractivity contribution in [3.63, 3.8) is 0 Å². The number of aliphatic hydroxyl groups is 1. The van der Waals surface area contributed by atoms with Gasteiger partial charge < -0.3 is 24.9 Å². The van der Waals surface area contributed by atoms with Crippen molar-refractivity contribution in [3.05, 3.63) is 35.8 Å². The lowest BCUT2D eigenvalue weighted by atomic mass is 10.0. The number of carbonyl (C=O) groups excluding carboxylic acids is 1. The third-order valence-corrected chi connectivity index (χ3v) is 4.99. The molecule has 0 saturated carbocycles. The molecule has 1 aliphatic heterocycles. The number of hydrogen-bond acceptors (Lipinski definition) is 7. The number of H-pyrrole nitrogens is 1.